The minimum absolute atomic E-state index is 0.303. The summed E-state index contributed by atoms with van der Waals surface area (Å²) in [7, 11) is 3.09. The number of pyridine rings is 1. The topological polar surface area (TPSA) is 76.2 Å². The Bertz CT molecular complexity index is 876. The molecule has 0 spiro atoms. The van der Waals surface area contributed by atoms with E-state index >= 15 is 0 Å². The van der Waals surface area contributed by atoms with E-state index in [1.165, 1.54) is 7.11 Å². The summed E-state index contributed by atoms with van der Waals surface area (Å²) < 4.78 is 10.4. The maximum Gasteiger partial charge on any atom is 0.272 e. The van der Waals surface area contributed by atoms with Crippen LogP contribution < -0.4 is 14.8 Å². The monoisotopic (exact) mass is 331 g/mol. The number of aromatic nitrogens is 2. The van der Waals surface area contributed by atoms with Crippen LogP contribution in [0.4, 0.5) is 5.69 Å². The fourth-order valence-corrected chi connectivity index (χ4v) is 2.34. The van der Waals surface area contributed by atoms with E-state index in [9.17, 15) is 4.79 Å². The lowest BCUT2D eigenvalue weighted by Gasteiger charge is -2.11. The van der Waals surface area contributed by atoms with Gasteiger partial charge in [-0.2, -0.15) is 0 Å². The van der Waals surface area contributed by atoms with E-state index in [1.807, 2.05) is 0 Å². The number of hydrogen-bond donors (Lipinski definition) is 2. The third-order valence-corrected chi connectivity index (χ3v) is 3.56. The molecule has 0 atom stereocenters. The number of fused-ring (bicyclic) bond motifs is 1. The fraction of sp³-hybridized carbons (Fsp3) is 0.125. The van der Waals surface area contributed by atoms with Crippen LogP contribution in [-0.4, -0.2) is 30.1 Å². The first-order valence-corrected chi connectivity index (χ1v) is 7.17. The van der Waals surface area contributed by atoms with Crippen LogP contribution in [0.3, 0.4) is 0 Å². The Balaban J connectivity index is 1.88. The minimum Gasteiger partial charge on any atom is -0.497 e. The van der Waals surface area contributed by atoms with Crippen molar-refractivity contribution < 1.29 is 14.3 Å². The van der Waals surface area contributed by atoms with E-state index in [1.54, 1.807) is 43.5 Å². The normalized spacial score (nSPS) is 10.6. The summed E-state index contributed by atoms with van der Waals surface area (Å²) >= 11 is 5.85. The van der Waals surface area contributed by atoms with Gasteiger partial charge in [0, 0.05) is 11.5 Å². The van der Waals surface area contributed by atoms with E-state index < -0.39 is 0 Å². The predicted molar refractivity (Wildman–Crippen MR) is 88.6 cm³/mol. The second-order valence-electron chi connectivity index (χ2n) is 4.78. The van der Waals surface area contributed by atoms with E-state index in [4.69, 9.17) is 21.1 Å². The van der Waals surface area contributed by atoms with Gasteiger partial charge in [0.25, 0.3) is 5.91 Å². The van der Waals surface area contributed by atoms with Gasteiger partial charge >= 0.3 is 0 Å². The summed E-state index contributed by atoms with van der Waals surface area (Å²) in [5.41, 5.74) is 1.49. The number of methoxy groups -OCH3 is 2. The molecule has 7 heteroatoms. The molecule has 0 aliphatic heterocycles. The van der Waals surface area contributed by atoms with Gasteiger partial charge < -0.3 is 19.8 Å². The summed E-state index contributed by atoms with van der Waals surface area (Å²) in [5, 5.41) is 3.96. The lowest BCUT2D eigenvalue weighted by atomic mass is 10.2. The van der Waals surface area contributed by atoms with Gasteiger partial charge in [0.05, 0.1) is 19.9 Å². The number of nitrogens with one attached hydrogen (secondary N) is 2. The Labute approximate surface area is 137 Å². The summed E-state index contributed by atoms with van der Waals surface area (Å²) in [6, 6.07) is 10.3. The van der Waals surface area contributed by atoms with Crippen LogP contribution in [0.5, 0.6) is 11.5 Å². The van der Waals surface area contributed by atoms with Crippen molar-refractivity contribution in [2.75, 3.05) is 19.5 Å². The molecule has 2 heterocycles. The molecule has 6 nitrogen and oxygen atoms in total. The molecule has 0 bridgehead atoms. The van der Waals surface area contributed by atoms with Crippen molar-refractivity contribution in [1.82, 2.24) is 9.97 Å². The van der Waals surface area contributed by atoms with Gasteiger partial charge in [0.15, 0.2) is 0 Å². The lowest BCUT2D eigenvalue weighted by Crippen LogP contribution is -2.13. The molecule has 2 N–H and O–H groups in total. The molecular weight excluding hydrogens is 318 g/mol. The van der Waals surface area contributed by atoms with Crippen molar-refractivity contribution in [3.63, 3.8) is 0 Å². The van der Waals surface area contributed by atoms with Crippen LogP contribution in [0.25, 0.3) is 11.0 Å². The molecule has 0 aliphatic rings. The zero-order valence-corrected chi connectivity index (χ0v) is 13.3. The maximum absolute atomic E-state index is 12.4. The van der Waals surface area contributed by atoms with Gasteiger partial charge in [-0.3, -0.25) is 4.79 Å². The van der Waals surface area contributed by atoms with Crippen LogP contribution in [0.2, 0.25) is 5.15 Å². The highest BCUT2D eigenvalue weighted by molar-refractivity contribution is 6.29. The molecule has 0 aliphatic carbocycles. The zero-order chi connectivity index (χ0) is 16.4. The molecule has 1 amide bonds. The van der Waals surface area contributed by atoms with E-state index in [0.717, 1.165) is 5.39 Å². The van der Waals surface area contributed by atoms with Gasteiger partial charge in [-0.05, 0) is 30.3 Å². The molecule has 3 rings (SSSR count). The Morgan fingerprint density at radius 1 is 1.17 bits per heavy atom. The predicted octanol–water partition coefficient (Wildman–Crippen LogP) is 3.49. The van der Waals surface area contributed by atoms with E-state index in [2.05, 4.69) is 15.3 Å². The molecule has 118 valence electrons. The number of nitrogens with zero attached hydrogens (tertiary/aromatic N) is 1. The second-order valence-corrected chi connectivity index (χ2v) is 5.16. The molecule has 0 saturated heterocycles. The van der Waals surface area contributed by atoms with Crippen LogP contribution in [0, 0.1) is 0 Å². The smallest absolute Gasteiger partial charge is 0.272 e. The number of rotatable bonds is 4. The maximum atomic E-state index is 12.4. The van der Waals surface area contributed by atoms with Gasteiger partial charge in [0.1, 0.15) is 28.0 Å². The highest BCUT2D eigenvalue weighted by atomic mass is 35.5. The van der Waals surface area contributed by atoms with Gasteiger partial charge in [0.2, 0.25) is 0 Å². The van der Waals surface area contributed by atoms with Crippen LogP contribution in [0.15, 0.2) is 36.4 Å². The number of carbonyl (C=O) groups is 1. The van der Waals surface area contributed by atoms with E-state index in [-0.39, 0.29) is 5.91 Å². The first-order chi connectivity index (χ1) is 11.1. The van der Waals surface area contributed by atoms with Gasteiger partial charge in [-0.15, -0.1) is 0 Å². The number of ether oxygens (including phenoxy) is 2. The van der Waals surface area contributed by atoms with Crippen molar-refractivity contribution in [3.8, 4) is 11.5 Å². The lowest BCUT2D eigenvalue weighted by molar-refractivity contribution is 0.102. The minimum atomic E-state index is -0.303. The van der Waals surface area contributed by atoms with Crippen LogP contribution in [0.1, 0.15) is 10.5 Å². The standard InChI is InChI=1S/C16H14ClN3O3/c1-22-10-4-5-11(13(8-10)23-2)19-16(21)12-7-9-3-6-14(17)20-15(9)18-12/h3-8H,1-2H3,(H,18,20)(H,19,21). The quantitative estimate of drug-likeness (QED) is 0.717. The van der Waals surface area contributed by atoms with Crippen LogP contribution in [-0.2, 0) is 0 Å². The number of aromatic amines is 1. The van der Waals surface area contributed by atoms with Gasteiger partial charge in [-0.1, -0.05) is 11.6 Å². The van der Waals surface area contributed by atoms with Crippen molar-refractivity contribution in [3.05, 3.63) is 47.2 Å². The van der Waals surface area contributed by atoms with Crippen molar-refractivity contribution in [2.24, 2.45) is 0 Å². The molecule has 1 aromatic carbocycles. The molecule has 0 saturated carbocycles. The number of H-pyrrole nitrogens is 1. The largest absolute Gasteiger partial charge is 0.497 e. The molecule has 0 unspecified atom stereocenters. The van der Waals surface area contributed by atoms with Crippen molar-refractivity contribution in [2.45, 2.75) is 0 Å². The van der Waals surface area contributed by atoms with Crippen molar-refractivity contribution in [1.29, 1.82) is 0 Å². The number of carbonyl (C=O) groups excluding carboxylic acids is 1. The first kappa shape index (κ1) is 15.2. The highest BCUT2D eigenvalue weighted by Gasteiger charge is 2.13. The molecular formula is C16H14ClN3O3. The molecule has 2 aromatic heterocycles. The van der Waals surface area contributed by atoms with Crippen LogP contribution >= 0.6 is 11.6 Å². The number of hydrogen-bond acceptors (Lipinski definition) is 4. The average Bonchev–Trinajstić information content (AvgIpc) is 2.98. The third-order valence-electron chi connectivity index (χ3n) is 3.35. The number of anilines is 1. The molecule has 23 heavy (non-hydrogen) atoms. The first-order valence-electron chi connectivity index (χ1n) is 6.79. The number of benzene rings is 1. The highest BCUT2D eigenvalue weighted by Crippen LogP contribution is 2.29. The molecule has 0 fully saturated rings. The van der Waals surface area contributed by atoms with Crippen molar-refractivity contribution >= 4 is 34.2 Å². The number of halogens is 1. The summed E-state index contributed by atoms with van der Waals surface area (Å²) in [6.07, 6.45) is 0. The SMILES string of the molecule is COc1ccc(NC(=O)c2cc3ccc(Cl)nc3[nH]2)c(OC)c1. The second kappa shape index (κ2) is 6.18. The Hall–Kier alpha value is -2.73. The number of amides is 1. The average molecular weight is 332 g/mol. The summed E-state index contributed by atoms with van der Waals surface area (Å²) in [5.74, 6) is 0.849. The van der Waals surface area contributed by atoms with Gasteiger partial charge in [-0.25, -0.2) is 4.98 Å². The fourth-order valence-electron chi connectivity index (χ4n) is 2.20. The Morgan fingerprint density at radius 2 is 2.00 bits per heavy atom. The molecule has 3 aromatic rings. The summed E-state index contributed by atoms with van der Waals surface area (Å²) in [6.45, 7) is 0. The third kappa shape index (κ3) is 3.07. The van der Waals surface area contributed by atoms with E-state index in [0.29, 0.717) is 33.7 Å². The Morgan fingerprint density at radius 3 is 2.74 bits per heavy atom. The Kier molecular flexibility index (Phi) is 4.08. The molecule has 0 radical (unpaired) electrons. The zero-order valence-electron chi connectivity index (χ0n) is 12.5. The summed E-state index contributed by atoms with van der Waals surface area (Å²) in [4.78, 5) is 19.5.